The highest BCUT2D eigenvalue weighted by Crippen LogP contribution is 2.31. The van der Waals surface area contributed by atoms with E-state index in [0.717, 1.165) is 9.13 Å². The summed E-state index contributed by atoms with van der Waals surface area (Å²) in [5.74, 6) is 0.324. The van der Waals surface area contributed by atoms with Crippen molar-refractivity contribution in [2.75, 3.05) is 7.11 Å². The van der Waals surface area contributed by atoms with Crippen molar-refractivity contribution >= 4 is 57.8 Å². The molecule has 0 unspecified atom stereocenters. The van der Waals surface area contributed by atoms with Crippen LogP contribution in [0.4, 0.5) is 5.69 Å². The molecule has 0 aliphatic carbocycles. The third kappa shape index (κ3) is 5.37. The van der Waals surface area contributed by atoms with Crippen LogP contribution in [0.1, 0.15) is 16.7 Å². The summed E-state index contributed by atoms with van der Waals surface area (Å²) in [5.41, 5.74) is 1.67. The van der Waals surface area contributed by atoms with Gasteiger partial charge < -0.3 is 14.2 Å². The average molecular weight is 591 g/mol. The normalized spacial score (nSPS) is 14.0. The topological polar surface area (TPSA) is 100 Å². The number of nitro benzene ring substituents is 1. The van der Waals surface area contributed by atoms with E-state index >= 15 is 0 Å². The van der Waals surface area contributed by atoms with Gasteiger partial charge >= 0.3 is 5.97 Å². The van der Waals surface area contributed by atoms with E-state index in [1.165, 1.54) is 31.4 Å². The van der Waals surface area contributed by atoms with Crippen molar-refractivity contribution in [1.82, 2.24) is 0 Å². The molecule has 3 aromatic rings. The van der Waals surface area contributed by atoms with Crippen LogP contribution in [0, 0.1) is 13.7 Å². The van der Waals surface area contributed by atoms with Crippen LogP contribution in [0.5, 0.6) is 11.5 Å². The van der Waals surface area contributed by atoms with Gasteiger partial charge in [-0.15, -0.1) is 0 Å². The van der Waals surface area contributed by atoms with E-state index in [1.807, 2.05) is 24.3 Å². The van der Waals surface area contributed by atoms with E-state index in [0.29, 0.717) is 23.7 Å². The van der Waals surface area contributed by atoms with Crippen LogP contribution in [0.3, 0.4) is 0 Å². The number of ether oxygens (including phenoxy) is 3. The molecule has 0 amide bonds. The Morgan fingerprint density at radius 1 is 1.15 bits per heavy atom. The first kappa shape index (κ1) is 23.7. The van der Waals surface area contributed by atoms with Gasteiger partial charge in [0.25, 0.3) is 5.69 Å². The molecule has 10 heteroatoms. The second kappa shape index (κ2) is 10.2. The van der Waals surface area contributed by atoms with Crippen molar-refractivity contribution in [3.8, 4) is 11.5 Å². The van der Waals surface area contributed by atoms with Crippen molar-refractivity contribution in [2.45, 2.75) is 6.61 Å². The fourth-order valence-electron chi connectivity index (χ4n) is 3.16. The zero-order valence-corrected chi connectivity index (χ0v) is 20.6. The Morgan fingerprint density at radius 2 is 1.97 bits per heavy atom. The third-order valence-electron chi connectivity index (χ3n) is 4.78. The van der Waals surface area contributed by atoms with Crippen LogP contribution in [-0.2, 0) is 16.1 Å². The summed E-state index contributed by atoms with van der Waals surface area (Å²) >= 11 is 8.09. The molecule has 4 rings (SSSR count). The van der Waals surface area contributed by atoms with Gasteiger partial charge in [-0.2, -0.15) is 0 Å². The molecule has 0 N–H and O–H groups in total. The highest BCUT2D eigenvalue weighted by atomic mass is 127. The zero-order chi connectivity index (χ0) is 24.2. The van der Waals surface area contributed by atoms with Crippen LogP contribution < -0.4 is 9.47 Å². The number of benzene rings is 3. The van der Waals surface area contributed by atoms with Gasteiger partial charge in [0.1, 0.15) is 11.6 Å². The van der Waals surface area contributed by atoms with E-state index in [2.05, 4.69) is 27.6 Å². The lowest BCUT2D eigenvalue weighted by Gasteiger charge is -2.11. The number of hydrogen-bond acceptors (Lipinski definition) is 7. The van der Waals surface area contributed by atoms with Crippen LogP contribution in [-0.4, -0.2) is 23.9 Å². The minimum atomic E-state index is -0.675. The molecule has 0 spiro atoms. The lowest BCUT2D eigenvalue weighted by molar-refractivity contribution is -0.384. The van der Waals surface area contributed by atoms with E-state index in [-0.39, 0.29) is 27.9 Å². The summed E-state index contributed by atoms with van der Waals surface area (Å²) < 4.78 is 17.7. The molecule has 1 heterocycles. The number of hydrogen-bond donors (Lipinski definition) is 0. The van der Waals surface area contributed by atoms with Gasteiger partial charge in [-0.3, -0.25) is 10.1 Å². The van der Waals surface area contributed by atoms with Crippen LogP contribution in [0.2, 0.25) is 5.02 Å². The number of aliphatic imine (C=N–C) groups is 1. The van der Waals surface area contributed by atoms with Gasteiger partial charge in [0.15, 0.2) is 17.2 Å². The van der Waals surface area contributed by atoms with Gasteiger partial charge in [-0.25, -0.2) is 9.79 Å². The van der Waals surface area contributed by atoms with Gasteiger partial charge in [0.05, 0.1) is 12.0 Å². The highest BCUT2D eigenvalue weighted by molar-refractivity contribution is 14.1. The molecular formula is C24H16ClIN2O6. The SMILES string of the molecule is COc1cc(/C=C2\N=C(c3ccc(Cl)c([N+](=O)[O-])c3)OC2=O)ccc1OCc1cccc(I)c1. The van der Waals surface area contributed by atoms with E-state index in [1.54, 1.807) is 18.2 Å². The second-order valence-corrected chi connectivity index (χ2v) is 8.74. The molecule has 0 bridgehead atoms. The van der Waals surface area contributed by atoms with E-state index in [9.17, 15) is 14.9 Å². The number of carbonyl (C=O) groups is 1. The first-order valence-electron chi connectivity index (χ1n) is 9.86. The Balaban J connectivity index is 1.56. The number of nitro groups is 1. The van der Waals surface area contributed by atoms with Crippen molar-refractivity contribution in [2.24, 2.45) is 4.99 Å². The Hall–Kier alpha value is -3.44. The number of esters is 1. The first-order valence-corrected chi connectivity index (χ1v) is 11.3. The Kier molecular flexibility index (Phi) is 7.13. The fraction of sp³-hybridized carbons (Fsp3) is 0.0833. The van der Waals surface area contributed by atoms with Crippen molar-refractivity contribution in [3.63, 3.8) is 0 Å². The molecular weight excluding hydrogens is 575 g/mol. The van der Waals surface area contributed by atoms with Crippen LogP contribution in [0.25, 0.3) is 6.08 Å². The number of nitrogens with zero attached hydrogens (tertiary/aromatic N) is 2. The number of halogens is 2. The molecule has 8 nitrogen and oxygen atoms in total. The molecule has 34 heavy (non-hydrogen) atoms. The minimum absolute atomic E-state index is 0.0224. The predicted molar refractivity (Wildman–Crippen MR) is 135 cm³/mol. The monoisotopic (exact) mass is 590 g/mol. The van der Waals surface area contributed by atoms with Crippen molar-refractivity contribution in [1.29, 1.82) is 0 Å². The second-order valence-electron chi connectivity index (χ2n) is 7.09. The molecule has 0 radical (unpaired) electrons. The number of rotatable bonds is 7. The van der Waals surface area contributed by atoms with Crippen LogP contribution >= 0.6 is 34.2 Å². The molecule has 172 valence electrons. The zero-order valence-electron chi connectivity index (χ0n) is 17.7. The smallest absolute Gasteiger partial charge is 0.363 e. The molecule has 0 saturated heterocycles. The Morgan fingerprint density at radius 3 is 2.71 bits per heavy atom. The van der Waals surface area contributed by atoms with E-state index < -0.39 is 10.9 Å². The predicted octanol–water partition coefficient (Wildman–Crippen LogP) is 5.78. The summed E-state index contributed by atoms with van der Waals surface area (Å²) in [6.45, 7) is 0.376. The lowest BCUT2D eigenvalue weighted by atomic mass is 10.1. The average Bonchev–Trinajstić information content (AvgIpc) is 3.18. The van der Waals surface area contributed by atoms with Gasteiger partial charge in [-0.1, -0.05) is 29.8 Å². The molecule has 0 fully saturated rings. The largest absolute Gasteiger partial charge is 0.493 e. The van der Waals surface area contributed by atoms with Gasteiger partial charge in [0, 0.05) is 15.2 Å². The minimum Gasteiger partial charge on any atom is -0.493 e. The summed E-state index contributed by atoms with van der Waals surface area (Å²) in [6.07, 6.45) is 1.53. The molecule has 0 atom stereocenters. The third-order valence-corrected chi connectivity index (χ3v) is 5.78. The molecule has 1 aliphatic heterocycles. The van der Waals surface area contributed by atoms with Gasteiger partial charge in [0.2, 0.25) is 5.90 Å². The number of carbonyl (C=O) groups excluding carboxylic acids is 1. The Labute approximate surface area is 213 Å². The summed E-state index contributed by atoms with van der Waals surface area (Å²) in [4.78, 5) is 27.0. The molecule has 1 aliphatic rings. The lowest BCUT2D eigenvalue weighted by Crippen LogP contribution is -2.06. The van der Waals surface area contributed by atoms with Crippen molar-refractivity contribution in [3.05, 3.63) is 102 Å². The van der Waals surface area contributed by atoms with Gasteiger partial charge in [-0.05, 0) is 76.2 Å². The number of methoxy groups -OCH3 is 1. The maximum atomic E-state index is 12.3. The maximum Gasteiger partial charge on any atom is 0.363 e. The molecule has 3 aromatic carbocycles. The Bertz CT molecular complexity index is 1360. The quantitative estimate of drug-likeness (QED) is 0.114. The summed E-state index contributed by atoms with van der Waals surface area (Å²) in [7, 11) is 1.53. The summed E-state index contributed by atoms with van der Waals surface area (Å²) in [5, 5.41) is 11.1. The molecule has 0 aromatic heterocycles. The van der Waals surface area contributed by atoms with E-state index in [4.69, 9.17) is 25.8 Å². The van der Waals surface area contributed by atoms with Crippen LogP contribution in [0.15, 0.2) is 71.4 Å². The maximum absolute atomic E-state index is 12.3. The fourth-order valence-corrected chi connectivity index (χ4v) is 3.95. The first-order chi connectivity index (χ1) is 16.3. The standard InChI is InChI=1S/C24H16ClIN2O6/c1-32-22-11-14(5-8-21(22)33-13-15-3-2-4-17(26)9-15)10-19-24(29)34-23(27-19)16-6-7-18(25)20(12-16)28(30)31/h2-12H,13H2,1H3/b19-10-. The van der Waals surface area contributed by atoms with Crippen molar-refractivity contribution < 1.29 is 23.9 Å². The summed E-state index contributed by atoms with van der Waals surface area (Å²) in [6, 6.07) is 17.2. The number of cyclic esters (lactones) is 1. The molecule has 0 saturated carbocycles. The highest BCUT2D eigenvalue weighted by Gasteiger charge is 2.26.